The third kappa shape index (κ3) is 4.60. The predicted octanol–water partition coefficient (Wildman–Crippen LogP) is -0.147. The van der Waals surface area contributed by atoms with Gasteiger partial charge in [-0.15, -0.1) is 0 Å². The predicted molar refractivity (Wildman–Crippen MR) is 36.9 cm³/mol. The minimum absolute atomic E-state index is 0. The minimum atomic E-state index is -1.48. The van der Waals surface area contributed by atoms with Gasteiger partial charge in [0, 0.05) is 88.1 Å². The van der Waals surface area contributed by atoms with E-state index in [0.717, 1.165) is 0 Å². The van der Waals surface area contributed by atoms with Crippen LogP contribution < -0.4 is 0 Å². The molecule has 1 heterocycles. The summed E-state index contributed by atoms with van der Waals surface area (Å²) in [5.41, 5.74) is 0. The first-order valence-corrected chi connectivity index (χ1v) is 3.69. The second kappa shape index (κ2) is 7.88. The molecule has 1 fully saturated rings. The smallest absolute Gasteiger partial charge is 0.154 e. The molecule has 0 saturated carbocycles. The Hall–Kier alpha value is 2.69. The summed E-state index contributed by atoms with van der Waals surface area (Å²) in [6.07, 6.45) is -5.04. The quantitative estimate of drug-likeness (QED) is 0.398. The van der Waals surface area contributed by atoms with Gasteiger partial charge in [-0.05, 0) is 13.8 Å². The van der Waals surface area contributed by atoms with E-state index in [9.17, 15) is 4.39 Å². The first-order valence-electron chi connectivity index (χ1n) is 3.69. The molecule has 0 aliphatic carbocycles. The molecule has 72 valence electrons. The molecule has 13 heavy (non-hydrogen) atoms. The molecule has 2 N–H and O–H groups in total. The normalized spacial score (nSPS) is 44.5. The summed E-state index contributed by atoms with van der Waals surface area (Å²) in [7, 11) is 0. The van der Waals surface area contributed by atoms with Gasteiger partial charge in [-0.25, -0.2) is 4.39 Å². The molecule has 5 atom stereocenters. The molecule has 5 unspecified atom stereocenters. The molecule has 0 aromatic rings. The van der Waals surface area contributed by atoms with E-state index in [1.165, 1.54) is 6.92 Å². The van der Waals surface area contributed by atoms with Gasteiger partial charge in [0.2, 0.25) is 0 Å². The van der Waals surface area contributed by atoms with E-state index >= 15 is 0 Å². The van der Waals surface area contributed by atoms with E-state index in [4.69, 9.17) is 14.9 Å². The minimum Gasteiger partial charge on any atom is -0.388 e. The number of rotatable bonds is 0. The van der Waals surface area contributed by atoms with E-state index in [-0.39, 0.29) is 88.1 Å². The van der Waals surface area contributed by atoms with Crippen molar-refractivity contribution >= 4 is 0 Å². The maximum absolute atomic E-state index is 12.9. The van der Waals surface area contributed by atoms with Gasteiger partial charge in [-0.3, -0.25) is 0 Å². The Morgan fingerprint density at radius 1 is 1.00 bits per heavy atom. The summed E-state index contributed by atoms with van der Waals surface area (Å²) in [6.45, 7) is 3.15. The number of aliphatic hydroxyl groups excluding tert-OH is 2. The van der Waals surface area contributed by atoms with E-state index < -0.39 is 30.6 Å². The van der Waals surface area contributed by atoms with Gasteiger partial charge in [-0.1, -0.05) is 0 Å². The van der Waals surface area contributed by atoms with E-state index in [1.807, 2.05) is 0 Å². The number of halogens is 1. The van der Waals surface area contributed by atoms with Crippen LogP contribution in [0, 0.1) is 88.1 Å². The summed E-state index contributed by atoms with van der Waals surface area (Å²) in [5.74, 6) is 0. The molecule has 6 heteroatoms. The molecular weight excluding hydrogens is 605 g/mol. The monoisotopic (exact) mass is 618 g/mol. The zero-order valence-electron chi connectivity index (χ0n) is 7.72. The van der Waals surface area contributed by atoms with Gasteiger partial charge in [0.15, 0.2) is 6.17 Å². The van der Waals surface area contributed by atoms with Crippen LogP contribution in [0.4, 0.5) is 4.39 Å². The molecule has 0 aromatic heterocycles. The van der Waals surface area contributed by atoms with Crippen molar-refractivity contribution in [1.29, 1.82) is 0 Å². The Morgan fingerprint density at radius 3 is 1.92 bits per heavy atom. The van der Waals surface area contributed by atoms with Crippen molar-refractivity contribution in [3.63, 3.8) is 0 Å². The van der Waals surface area contributed by atoms with E-state index in [1.54, 1.807) is 6.92 Å². The van der Waals surface area contributed by atoms with Crippen LogP contribution >= 0.6 is 0 Å². The molecular formula is C7H13Ac2FO3. The molecule has 3 nitrogen and oxygen atoms in total. The second-order valence-electron chi connectivity index (χ2n) is 2.97. The number of hydrogen-bond donors (Lipinski definition) is 2. The molecule has 0 amide bonds. The van der Waals surface area contributed by atoms with Crippen molar-refractivity contribution in [1.82, 2.24) is 0 Å². The van der Waals surface area contributed by atoms with Gasteiger partial charge in [0.25, 0.3) is 0 Å². The van der Waals surface area contributed by atoms with Crippen molar-refractivity contribution < 1.29 is 107 Å². The second-order valence-corrected chi connectivity index (χ2v) is 2.97. The number of ether oxygens (including phenoxy) is 1. The summed E-state index contributed by atoms with van der Waals surface area (Å²) >= 11 is 0. The molecule has 0 bridgehead atoms. The van der Waals surface area contributed by atoms with Crippen LogP contribution in [-0.2, 0) is 4.74 Å². The van der Waals surface area contributed by atoms with Gasteiger partial charge in [0.05, 0.1) is 12.2 Å². The van der Waals surface area contributed by atoms with Crippen molar-refractivity contribution in [3.05, 3.63) is 0 Å². The van der Waals surface area contributed by atoms with Crippen LogP contribution in [0.15, 0.2) is 0 Å². The Kier molecular flexibility index (Phi) is 11.0. The van der Waals surface area contributed by atoms with Crippen molar-refractivity contribution in [3.8, 4) is 0 Å². The maximum atomic E-state index is 12.9. The van der Waals surface area contributed by atoms with Crippen molar-refractivity contribution in [2.45, 2.75) is 44.4 Å². The molecule has 1 rings (SSSR count). The number of alkyl halides is 1. The zero-order chi connectivity index (χ0) is 8.59. The van der Waals surface area contributed by atoms with Gasteiger partial charge in [-0.2, -0.15) is 0 Å². The SMILES string of the molecule is CC1OC(C)C(F)C(O)C1O.[Ac].[Ac]. The third-order valence-corrected chi connectivity index (χ3v) is 2.03. The summed E-state index contributed by atoms with van der Waals surface area (Å²) < 4.78 is 17.9. The fraction of sp³-hybridized carbons (Fsp3) is 1.00. The zero-order valence-corrected chi connectivity index (χ0v) is 17.2. The summed E-state index contributed by atoms with van der Waals surface area (Å²) in [6, 6.07) is 0. The molecule has 1 saturated heterocycles. The summed E-state index contributed by atoms with van der Waals surface area (Å²) in [5, 5.41) is 18.2. The van der Waals surface area contributed by atoms with Gasteiger partial charge in [0.1, 0.15) is 12.2 Å². The van der Waals surface area contributed by atoms with Crippen LogP contribution in [0.25, 0.3) is 0 Å². The standard InChI is InChI=1S/C7H13FO3.2Ac/c1-3-5(8)7(10)6(9)4(2)11-3;;/h3-7,9-10H,1-2H3;;. The Bertz CT molecular complexity index is 136. The number of aliphatic hydroxyl groups is 2. The Labute approximate surface area is 149 Å². The van der Waals surface area contributed by atoms with Crippen molar-refractivity contribution in [2.75, 3.05) is 0 Å². The van der Waals surface area contributed by atoms with Crippen LogP contribution in [0.5, 0.6) is 0 Å². The summed E-state index contributed by atoms with van der Waals surface area (Å²) in [4.78, 5) is 0. The van der Waals surface area contributed by atoms with Crippen LogP contribution in [0.1, 0.15) is 13.8 Å². The first-order chi connectivity index (χ1) is 5.04. The largest absolute Gasteiger partial charge is 0.388 e. The first kappa shape index (κ1) is 18.1. The third-order valence-electron chi connectivity index (χ3n) is 2.03. The average Bonchev–Trinajstić information content (AvgIpc) is 1.97. The molecule has 1 aliphatic heterocycles. The maximum Gasteiger partial charge on any atom is 0.154 e. The van der Waals surface area contributed by atoms with Crippen LogP contribution in [0.3, 0.4) is 0 Å². The number of hydrogen-bond acceptors (Lipinski definition) is 3. The molecule has 2 radical (unpaired) electrons. The molecule has 1 aliphatic rings. The van der Waals surface area contributed by atoms with E-state index in [0.29, 0.717) is 0 Å². The Balaban J connectivity index is 0. The Morgan fingerprint density at radius 2 is 1.46 bits per heavy atom. The molecule has 0 spiro atoms. The van der Waals surface area contributed by atoms with Crippen molar-refractivity contribution in [2.24, 2.45) is 0 Å². The van der Waals surface area contributed by atoms with Crippen LogP contribution in [0.2, 0.25) is 0 Å². The molecule has 0 aromatic carbocycles. The fourth-order valence-corrected chi connectivity index (χ4v) is 1.24. The topological polar surface area (TPSA) is 49.7 Å². The van der Waals surface area contributed by atoms with Gasteiger partial charge >= 0.3 is 0 Å². The fourth-order valence-electron chi connectivity index (χ4n) is 1.24. The average molecular weight is 618 g/mol. The van der Waals surface area contributed by atoms with Gasteiger partial charge < -0.3 is 14.9 Å². The van der Waals surface area contributed by atoms with E-state index in [2.05, 4.69) is 0 Å². The van der Waals surface area contributed by atoms with Crippen LogP contribution in [-0.4, -0.2) is 40.8 Å².